The van der Waals surface area contributed by atoms with E-state index in [4.69, 9.17) is 9.47 Å². The molecule has 0 aliphatic carbocycles. The van der Waals surface area contributed by atoms with Crippen molar-refractivity contribution in [3.63, 3.8) is 0 Å². The lowest BCUT2D eigenvalue weighted by Crippen LogP contribution is -2.28. The minimum absolute atomic E-state index is 0.0350. The third-order valence-electron chi connectivity index (χ3n) is 4.53. The molecule has 2 aromatic heterocycles. The molecule has 1 saturated heterocycles. The second-order valence-corrected chi connectivity index (χ2v) is 13.3. The van der Waals surface area contributed by atoms with Gasteiger partial charge in [0, 0.05) is 40.1 Å². The van der Waals surface area contributed by atoms with Crippen molar-refractivity contribution in [1.82, 2.24) is 14.3 Å². The second kappa shape index (κ2) is 7.21. The summed E-state index contributed by atoms with van der Waals surface area (Å²) in [5, 5.41) is 5.01. The number of aromatic nitrogens is 3. The molecule has 0 amide bonds. The Hall–Kier alpha value is -1.44. The highest BCUT2D eigenvalue weighted by atomic mass is 28.3. The molecule has 3 rings (SSSR count). The van der Waals surface area contributed by atoms with Crippen molar-refractivity contribution in [2.45, 2.75) is 51.3 Å². The summed E-state index contributed by atoms with van der Waals surface area (Å²) >= 11 is 0. The van der Waals surface area contributed by atoms with Crippen LogP contribution in [0.3, 0.4) is 0 Å². The van der Waals surface area contributed by atoms with Crippen LogP contribution < -0.4 is 5.56 Å². The van der Waals surface area contributed by atoms with Gasteiger partial charge < -0.3 is 14.0 Å². The Morgan fingerprint density at radius 2 is 2.08 bits per heavy atom. The summed E-state index contributed by atoms with van der Waals surface area (Å²) < 4.78 is 14.8. The number of nitrogens with zero attached hydrogens (tertiary/aromatic N) is 3. The maximum atomic E-state index is 12.7. The first-order valence-corrected chi connectivity index (χ1v) is 12.4. The van der Waals surface area contributed by atoms with Crippen molar-refractivity contribution in [3.05, 3.63) is 28.8 Å². The largest absolute Gasteiger partial charge is 0.381 e. The normalized spacial score (nSPS) is 16.8. The highest BCUT2D eigenvalue weighted by Crippen LogP contribution is 2.20. The number of rotatable bonds is 6. The molecular formula is C17H27N3O3Si. The lowest BCUT2D eigenvalue weighted by atomic mass is 10.1. The summed E-state index contributed by atoms with van der Waals surface area (Å²) in [6.07, 6.45) is 5.33. The minimum Gasteiger partial charge on any atom is -0.381 e. The Labute approximate surface area is 143 Å². The van der Waals surface area contributed by atoms with E-state index in [0.717, 1.165) is 44.2 Å². The van der Waals surface area contributed by atoms with E-state index in [-0.39, 0.29) is 11.6 Å². The van der Waals surface area contributed by atoms with E-state index in [1.165, 1.54) is 0 Å². The summed E-state index contributed by atoms with van der Waals surface area (Å²) in [7, 11) is -1.09. The van der Waals surface area contributed by atoms with Gasteiger partial charge in [-0.25, -0.2) is 4.68 Å². The predicted molar refractivity (Wildman–Crippen MR) is 97.2 cm³/mol. The molecular weight excluding hydrogens is 322 g/mol. The number of hydrogen-bond acceptors (Lipinski definition) is 4. The van der Waals surface area contributed by atoms with Crippen molar-refractivity contribution in [2.75, 3.05) is 19.8 Å². The van der Waals surface area contributed by atoms with Crippen LogP contribution in [0.15, 0.2) is 23.3 Å². The summed E-state index contributed by atoms with van der Waals surface area (Å²) in [6.45, 7) is 9.58. The maximum Gasteiger partial charge on any atom is 0.261 e. The van der Waals surface area contributed by atoms with E-state index < -0.39 is 8.07 Å². The Morgan fingerprint density at radius 3 is 2.79 bits per heavy atom. The Balaban J connectivity index is 1.73. The minimum atomic E-state index is -1.09. The quantitative estimate of drug-likeness (QED) is 0.594. The monoisotopic (exact) mass is 349 g/mol. The SMILES string of the molecule is C[Si](C)(C)CCOCn1ncc2c(=O)n(C3CCOCC3)ccc21. The molecule has 0 N–H and O–H groups in total. The molecule has 2 aromatic rings. The average molecular weight is 350 g/mol. The van der Waals surface area contributed by atoms with Gasteiger partial charge in [0.05, 0.1) is 17.1 Å². The number of pyridine rings is 1. The fourth-order valence-corrected chi connectivity index (χ4v) is 3.73. The van der Waals surface area contributed by atoms with Crippen LogP contribution in [0, 0.1) is 0 Å². The second-order valence-electron chi connectivity index (χ2n) is 7.66. The first kappa shape index (κ1) is 17.4. The van der Waals surface area contributed by atoms with Crippen LogP contribution in [-0.2, 0) is 16.2 Å². The molecule has 132 valence electrons. The van der Waals surface area contributed by atoms with Gasteiger partial charge in [0.15, 0.2) is 0 Å². The van der Waals surface area contributed by atoms with E-state index in [2.05, 4.69) is 24.7 Å². The molecule has 1 fully saturated rings. The topological polar surface area (TPSA) is 58.3 Å². The fraction of sp³-hybridized carbons (Fsp3) is 0.647. The van der Waals surface area contributed by atoms with Crippen LogP contribution in [0.5, 0.6) is 0 Å². The van der Waals surface area contributed by atoms with Crippen LogP contribution >= 0.6 is 0 Å². The van der Waals surface area contributed by atoms with Crippen molar-refractivity contribution >= 4 is 19.0 Å². The van der Waals surface area contributed by atoms with Gasteiger partial charge in [-0.3, -0.25) is 4.79 Å². The zero-order valence-electron chi connectivity index (χ0n) is 14.8. The Morgan fingerprint density at radius 1 is 1.33 bits per heavy atom. The van der Waals surface area contributed by atoms with Crippen molar-refractivity contribution < 1.29 is 9.47 Å². The molecule has 24 heavy (non-hydrogen) atoms. The number of hydrogen-bond donors (Lipinski definition) is 0. The summed E-state index contributed by atoms with van der Waals surface area (Å²) in [5.74, 6) is 0. The standard InChI is InChI=1S/C17H27N3O3Si/c1-24(2,3)11-10-23-13-20-16-4-7-19(14-5-8-22-9-6-14)17(21)15(16)12-18-20/h4,7,12,14H,5-6,8-11,13H2,1-3H3. The van der Waals surface area contributed by atoms with Crippen LogP contribution in [0.2, 0.25) is 25.7 Å². The number of fused-ring (bicyclic) bond motifs is 1. The van der Waals surface area contributed by atoms with E-state index >= 15 is 0 Å². The van der Waals surface area contributed by atoms with Gasteiger partial charge in [-0.1, -0.05) is 19.6 Å². The molecule has 0 bridgehead atoms. The molecule has 0 saturated carbocycles. The van der Waals surface area contributed by atoms with Crippen molar-refractivity contribution in [2.24, 2.45) is 0 Å². The summed E-state index contributed by atoms with van der Waals surface area (Å²) in [6, 6.07) is 3.33. The zero-order valence-corrected chi connectivity index (χ0v) is 15.8. The first-order chi connectivity index (χ1) is 11.5. The molecule has 1 aliphatic rings. The predicted octanol–water partition coefficient (Wildman–Crippen LogP) is 2.86. The van der Waals surface area contributed by atoms with Crippen LogP contribution in [-0.4, -0.2) is 42.2 Å². The zero-order chi connectivity index (χ0) is 17.2. The van der Waals surface area contributed by atoms with Crippen molar-refractivity contribution in [3.8, 4) is 0 Å². The van der Waals surface area contributed by atoms with Gasteiger partial charge in [-0.2, -0.15) is 5.10 Å². The van der Waals surface area contributed by atoms with E-state index in [9.17, 15) is 4.79 Å². The maximum absolute atomic E-state index is 12.7. The van der Waals surface area contributed by atoms with E-state index in [1.54, 1.807) is 10.9 Å². The molecule has 0 radical (unpaired) electrons. The van der Waals surface area contributed by atoms with Crippen LogP contribution in [0.4, 0.5) is 0 Å². The van der Waals surface area contributed by atoms with Gasteiger partial charge in [-0.15, -0.1) is 0 Å². The fourth-order valence-electron chi connectivity index (χ4n) is 2.98. The Bertz CT molecular complexity index is 742. The number of ether oxygens (including phenoxy) is 2. The van der Waals surface area contributed by atoms with Gasteiger partial charge in [0.25, 0.3) is 5.56 Å². The third-order valence-corrected chi connectivity index (χ3v) is 6.24. The molecule has 1 aliphatic heterocycles. The smallest absolute Gasteiger partial charge is 0.261 e. The summed E-state index contributed by atoms with van der Waals surface area (Å²) in [4.78, 5) is 12.7. The molecule has 6 nitrogen and oxygen atoms in total. The van der Waals surface area contributed by atoms with Gasteiger partial charge in [-0.05, 0) is 25.0 Å². The van der Waals surface area contributed by atoms with Gasteiger partial charge >= 0.3 is 0 Å². The average Bonchev–Trinajstić information content (AvgIpc) is 2.96. The molecule has 0 unspecified atom stereocenters. The lowest BCUT2D eigenvalue weighted by Gasteiger charge is -2.24. The first-order valence-electron chi connectivity index (χ1n) is 8.68. The lowest BCUT2D eigenvalue weighted by molar-refractivity contribution is 0.0688. The highest BCUT2D eigenvalue weighted by Gasteiger charge is 2.18. The third kappa shape index (κ3) is 3.96. The molecule has 3 heterocycles. The van der Waals surface area contributed by atoms with Crippen LogP contribution in [0.25, 0.3) is 10.9 Å². The molecule has 7 heteroatoms. The molecule has 0 spiro atoms. The van der Waals surface area contributed by atoms with Crippen molar-refractivity contribution in [1.29, 1.82) is 0 Å². The van der Waals surface area contributed by atoms with Gasteiger partial charge in [0.1, 0.15) is 6.73 Å². The van der Waals surface area contributed by atoms with Crippen LogP contribution in [0.1, 0.15) is 18.9 Å². The molecule has 0 atom stereocenters. The van der Waals surface area contributed by atoms with E-state index in [1.807, 2.05) is 16.8 Å². The summed E-state index contributed by atoms with van der Waals surface area (Å²) in [5.41, 5.74) is 0.879. The van der Waals surface area contributed by atoms with Gasteiger partial charge in [0.2, 0.25) is 0 Å². The highest BCUT2D eigenvalue weighted by molar-refractivity contribution is 6.76. The van der Waals surface area contributed by atoms with E-state index in [0.29, 0.717) is 12.1 Å². The molecule has 0 aromatic carbocycles. The Kier molecular flexibility index (Phi) is 5.22.